The van der Waals surface area contributed by atoms with Crippen LogP contribution in [0.3, 0.4) is 0 Å². The first-order valence-electron chi connectivity index (χ1n) is 5.00. The Labute approximate surface area is 108 Å². The molecule has 2 nitrogen and oxygen atoms in total. The lowest BCUT2D eigenvalue weighted by Crippen LogP contribution is -2.07. The Morgan fingerprint density at radius 3 is 2.81 bits per heavy atom. The van der Waals surface area contributed by atoms with Crippen molar-refractivity contribution < 1.29 is 0 Å². The van der Waals surface area contributed by atoms with Crippen molar-refractivity contribution in [1.29, 1.82) is 0 Å². The highest BCUT2D eigenvalue weighted by Crippen LogP contribution is 2.27. The van der Waals surface area contributed by atoms with Crippen LogP contribution in [0.15, 0.2) is 39.5 Å². The number of nitrogens with two attached hydrogens (primary N) is 1. The summed E-state index contributed by atoms with van der Waals surface area (Å²) in [5.41, 5.74) is 8.95. The van der Waals surface area contributed by atoms with E-state index in [0.717, 1.165) is 15.8 Å². The van der Waals surface area contributed by atoms with Gasteiger partial charge in [0.1, 0.15) is 0 Å². The zero-order chi connectivity index (χ0) is 11.5. The Bertz CT molecular complexity index is 468. The Morgan fingerprint density at radius 2 is 2.19 bits per heavy atom. The third-order valence-electron chi connectivity index (χ3n) is 2.43. The predicted molar refractivity (Wildman–Crippen MR) is 74.9 cm³/mol. The molecule has 0 aliphatic carbocycles. The van der Waals surface area contributed by atoms with Gasteiger partial charge in [0.2, 0.25) is 0 Å². The van der Waals surface area contributed by atoms with Crippen LogP contribution in [0.4, 0.5) is 11.4 Å². The molecule has 0 spiro atoms. The summed E-state index contributed by atoms with van der Waals surface area (Å²) in [6.07, 6.45) is 0. The van der Waals surface area contributed by atoms with Gasteiger partial charge in [0.25, 0.3) is 0 Å². The van der Waals surface area contributed by atoms with Gasteiger partial charge in [-0.15, -0.1) is 0 Å². The summed E-state index contributed by atoms with van der Waals surface area (Å²) in [5, 5.41) is 7.63. The highest BCUT2D eigenvalue weighted by atomic mass is 79.9. The second-order valence-electron chi connectivity index (χ2n) is 3.65. The molecular formula is C12H13BrN2S. The fourth-order valence-corrected chi connectivity index (χ4v) is 2.64. The Morgan fingerprint density at radius 1 is 1.38 bits per heavy atom. The molecule has 0 saturated carbocycles. The Kier molecular flexibility index (Phi) is 3.51. The molecule has 0 saturated heterocycles. The molecule has 0 aliphatic heterocycles. The van der Waals surface area contributed by atoms with Gasteiger partial charge in [-0.2, -0.15) is 11.3 Å². The van der Waals surface area contributed by atoms with Crippen molar-refractivity contribution in [3.8, 4) is 0 Å². The van der Waals surface area contributed by atoms with Crippen molar-refractivity contribution in [2.75, 3.05) is 11.1 Å². The number of nitrogen functional groups attached to an aromatic ring is 1. The van der Waals surface area contributed by atoms with Crippen LogP contribution in [0.5, 0.6) is 0 Å². The van der Waals surface area contributed by atoms with E-state index < -0.39 is 0 Å². The Balaban J connectivity index is 2.15. The lowest BCUT2D eigenvalue weighted by molar-refractivity contribution is 0.891. The Hall–Kier alpha value is -1.00. The maximum absolute atomic E-state index is 5.93. The number of nitrogens with one attached hydrogen (secondary N) is 1. The molecule has 1 heterocycles. The number of halogens is 1. The largest absolute Gasteiger partial charge is 0.397 e. The molecule has 1 aromatic heterocycles. The molecule has 0 radical (unpaired) electrons. The van der Waals surface area contributed by atoms with Crippen molar-refractivity contribution in [1.82, 2.24) is 0 Å². The first-order chi connectivity index (χ1) is 7.66. The SMILES string of the molecule is CC(Nc1ccc(Br)cc1N)c1ccsc1. The van der Waals surface area contributed by atoms with E-state index >= 15 is 0 Å². The van der Waals surface area contributed by atoms with E-state index in [1.807, 2.05) is 18.2 Å². The fourth-order valence-electron chi connectivity index (χ4n) is 1.50. The summed E-state index contributed by atoms with van der Waals surface area (Å²) >= 11 is 5.10. The third-order valence-corrected chi connectivity index (χ3v) is 3.62. The summed E-state index contributed by atoms with van der Waals surface area (Å²) in [7, 11) is 0. The van der Waals surface area contributed by atoms with Gasteiger partial charge in [0.15, 0.2) is 0 Å². The van der Waals surface area contributed by atoms with Crippen molar-refractivity contribution in [2.24, 2.45) is 0 Å². The first-order valence-corrected chi connectivity index (χ1v) is 6.74. The number of rotatable bonds is 3. The smallest absolute Gasteiger partial charge is 0.0579 e. The molecule has 0 fully saturated rings. The van der Waals surface area contributed by atoms with Crippen LogP contribution < -0.4 is 11.1 Å². The van der Waals surface area contributed by atoms with Gasteiger partial charge in [0, 0.05) is 10.5 Å². The summed E-state index contributed by atoms with van der Waals surface area (Å²) in [6, 6.07) is 8.27. The molecule has 1 unspecified atom stereocenters. The molecule has 1 atom stereocenters. The zero-order valence-electron chi connectivity index (χ0n) is 8.91. The van der Waals surface area contributed by atoms with Crippen LogP contribution in [-0.2, 0) is 0 Å². The molecule has 2 aromatic rings. The van der Waals surface area contributed by atoms with Crippen molar-refractivity contribution in [3.05, 3.63) is 45.1 Å². The fraction of sp³-hybridized carbons (Fsp3) is 0.167. The van der Waals surface area contributed by atoms with Gasteiger partial charge in [-0.25, -0.2) is 0 Å². The van der Waals surface area contributed by atoms with Crippen molar-refractivity contribution in [2.45, 2.75) is 13.0 Å². The number of hydrogen-bond acceptors (Lipinski definition) is 3. The van der Waals surface area contributed by atoms with Crippen LogP contribution in [0.1, 0.15) is 18.5 Å². The maximum atomic E-state index is 5.93. The van der Waals surface area contributed by atoms with Crippen LogP contribution in [-0.4, -0.2) is 0 Å². The second-order valence-corrected chi connectivity index (χ2v) is 5.35. The van der Waals surface area contributed by atoms with E-state index in [1.54, 1.807) is 11.3 Å². The standard InChI is InChI=1S/C12H13BrN2S/c1-8(9-4-5-16-7-9)15-12-3-2-10(13)6-11(12)14/h2-8,15H,14H2,1H3. The van der Waals surface area contributed by atoms with Gasteiger partial charge in [0.05, 0.1) is 11.4 Å². The molecule has 3 N–H and O–H groups in total. The minimum Gasteiger partial charge on any atom is -0.397 e. The molecular weight excluding hydrogens is 284 g/mol. The van der Waals surface area contributed by atoms with Gasteiger partial charge in [-0.05, 0) is 47.5 Å². The van der Waals surface area contributed by atoms with Crippen LogP contribution >= 0.6 is 27.3 Å². The monoisotopic (exact) mass is 296 g/mol. The van der Waals surface area contributed by atoms with Crippen LogP contribution in [0.2, 0.25) is 0 Å². The minimum absolute atomic E-state index is 0.273. The second kappa shape index (κ2) is 4.89. The highest BCUT2D eigenvalue weighted by Gasteiger charge is 2.07. The number of anilines is 2. The number of hydrogen-bond donors (Lipinski definition) is 2. The van der Waals surface area contributed by atoms with E-state index in [9.17, 15) is 0 Å². The molecule has 2 rings (SSSR count). The first kappa shape index (κ1) is 11.5. The number of thiophene rings is 1. The van der Waals surface area contributed by atoms with Crippen molar-refractivity contribution >= 4 is 38.6 Å². The molecule has 1 aromatic carbocycles. The van der Waals surface area contributed by atoms with Crippen molar-refractivity contribution in [3.63, 3.8) is 0 Å². The molecule has 84 valence electrons. The number of benzene rings is 1. The average Bonchev–Trinajstić information content (AvgIpc) is 2.75. The predicted octanol–water partition coefficient (Wildman–Crippen LogP) is 4.27. The lowest BCUT2D eigenvalue weighted by Gasteiger charge is -2.15. The third kappa shape index (κ3) is 2.57. The van der Waals surface area contributed by atoms with Gasteiger partial charge in [-0.3, -0.25) is 0 Å². The normalized spacial score (nSPS) is 12.4. The molecule has 0 bridgehead atoms. The van der Waals surface area contributed by atoms with Crippen LogP contribution in [0, 0.1) is 0 Å². The summed E-state index contributed by atoms with van der Waals surface area (Å²) in [5.74, 6) is 0. The summed E-state index contributed by atoms with van der Waals surface area (Å²) < 4.78 is 0.999. The van der Waals surface area contributed by atoms with E-state index in [1.165, 1.54) is 5.56 Å². The van der Waals surface area contributed by atoms with Gasteiger partial charge in [-0.1, -0.05) is 15.9 Å². The molecule has 0 aliphatic rings. The topological polar surface area (TPSA) is 38.0 Å². The van der Waals surface area contributed by atoms with E-state index in [-0.39, 0.29) is 6.04 Å². The van der Waals surface area contributed by atoms with E-state index in [2.05, 4.69) is 45.0 Å². The molecule has 4 heteroatoms. The minimum atomic E-state index is 0.273. The van der Waals surface area contributed by atoms with Gasteiger partial charge >= 0.3 is 0 Å². The quantitative estimate of drug-likeness (QED) is 0.830. The zero-order valence-corrected chi connectivity index (χ0v) is 11.3. The van der Waals surface area contributed by atoms with Crippen LogP contribution in [0.25, 0.3) is 0 Å². The van der Waals surface area contributed by atoms with E-state index in [4.69, 9.17) is 5.73 Å². The average molecular weight is 297 g/mol. The van der Waals surface area contributed by atoms with E-state index in [0.29, 0.717) is 0 Å². The van der Waals surface area contributed by atoms with Gasteiger partial charge < -0.3 is 11.1 Å². The highest BCUT2D eigenvalue weighted by molar-refractivity contribution is 9.10. The lowest BCUT2D eigenvalue weighted by atomic mass is 10.1. The molecule has 16 heavy (non-hydrogen) atoms. The summed E-state index contributed by atoms with van der Waals surface area (Å²) in [4.78, 5) is 0. The summed E-state index contributed by atoms with van der Waals surface area (Å²) in [6.45, 7) is 2.13. The molecule has 0 amide bonds. The maximum Gasteiger partial charge on any atom is 0.0579 e.